The number of nitrogens with zero attached hydrogens (tertiary/aromatic N) is 2. The van der Waals surface area contributed by atoms with Crippen molar-refractivity contribution < 1.29 is 4.74 Å². The summed E-state index contributed by atoms with van der Waals surface area (Å²) in [6.07, 6.45) is 0. The molecule has 1 aromatic heterocycles. The van der Waals surface area contributed by atoms with Crippen LogP contribution in [0.1, 0.15) is 11.4 Å². The minimum atomic E-state index is 0.336. The lowest BCUT2D eigenvalue weighted by atomic mass is 10.2. The van der Waals surface area contributed by atoms with E-state index in [9.17, 15) is 0 Å². The van der Waals surface area contributed by atoms with Crippen molar-refractivity contribution in [3.63, 3.8) is 0 Å². The molecular formula is C16H14Cl2N2O. The van der Waals surface area contributed by atoms with Crippen molar-refractivity contribution in [2.75, 3.05) is 7.11 Å². The molecule has 2 aromatic carbocycles. The number of aromatic nitrogens is 2. The molecule has 0 amide bonds. The molecule has 0 saturated carbocycles. The molecule has 5 heteroatoms. The van der Waals surface area contributed by atoms with E-state index in [1.54, 1.807) is 7.11 Å². The number of hydrogen-bond acceptors (Lipinski definition) is 2. The van der Waals surface area contributed by atoms with Crippen LogP contribution in [0.15, 0.2) is 42.5 Å². The fourth-order valence-corrected chi connectivity index (χ4v) is 2.81. The molecular weight excluding hydrogens is 307 g/mol. The Morgan fingerprint density at radius 1 is 1.14 bits per heavy atom. The van der Waals surface area contributed by atoms with Gasteiger partial charge in [0.05, 0.1) is 25.1 Å². The highest BCUT2D eigenvalue weighted by molar-refractivity contribution is 6.31. The van der Waals surface area contributed by atoms with Gasteiger partial charge in [-0.3, -0.25) is 0 Å². The van der Waals surface area contributed by atoms with E-state index in [1.807, 2.05) is 42.5 Å². The number of ether oxygens (including phenoxy) is 1. The Hall–Kier alpha value is -1.71. The van der Waals surface area contributed by atoms with Crippen LogP contribution in [0.5, 0.6) is 5.75 Å². The number of imidazole rings is 1. The molecule has 21 heavy (non-hydrogen) atoms. The summed E-state index contributed by atoms with van der Waals surface area (Å²) in [6.45, 7) is 0.630. The van der Waals surface area contributed by atoms with Crippen LogP contribution in [0.4, 0.5) is 0 Å². The molecule has 0 N–H and O–H groups in total. The van der Waals surface area contributed by atoms with Crippen molar-refractivity contribution >= 4 is 34.2 Å². The van der Waals surface area contributed by atoms with Gasteiger partial charge in [-0.1, -0.05) is 35.9 Å². The number of rotatable bonds is 4. The first kappa shape index (κ1) is 14.2. The quantitative estimate of drug-likeness (QED) is 0.662. The van der Waals surface area contributed by atoms with Gasteiger partial charge in [0.1, 0.15) is 17.1 Å². The number of para-hydroxylation sites is 1. The number of halogens is 2. The molecule has 0 bridgehead atoms. The Balaban J connectivity index is 2.15. The van der Waals surface area contributed by atoms with E-state index in [2.05, 4.69) is 9.55 Å². The van der Waals surface area contributed by atoms with Crippen LogP contribution in [0.25, 0.3) is 11.0 Å². The molecule has 1 heterocycles. The van der Waals surface area contributed by atoms with Gasteiger partial charge < -0.3 is 9.30 Å². The van der Waals surface area contributed by atoms with Gasteiger partial charge in [-0.15, -0.1) is 11.6 Å². The van der Waals surface area contributed by atoms with Gasteiger partial charge in [-0.2, -0.15) is 0 Å². The molecule has 3 nitrogen and oxygen atoms in total. The highest BCUT2D eigenvalue weighted by Gasteiger charge is 2.14. The van der Waals surface area contributed by atoms with Crippen LogP contribution in [-0.4, -0.2) is 16.7 Å². The van der Waals surface area contributed by atoms with Crippen LogP contribution in [0.3, 0.4) is 0 Å². The van der Waals surface area contributed by atoms with Crippen molar-refractivity contribution in [2.45, 2.75) is 12.4 Å². The number of hydrogen-bond donors (Lipinski definition) is 0. The number of alkyl halides is 1. The SMILES string of the molecule is COc1cccc2c1nc(CCl)n2Cc1ccccc1Cl. The van der Waals surface area contributed by atoms with Crippen molar-refractivity contribution in [1.82, 2.24) is 9.55 Å². The monoisotopic (exact) mass is 320 g/mol. The summed E-state index contributed by atoms with van der Waals surface area (Å²) in [5.74, 6) is 1.88. The Morgan fingerprint density at radius 3 is 2.67 bits per heavy atom. The van der Waals surface area contributed by atoms with E-state index < -0.39 is 0 Å². The second-order valence-electron chi connectivity index (χ2n) is 4.67. The summed E-state index contributed by atoms with van der Waals surface area (Å²) >= 11 is 12.3. The second kappa shape index (κ2) is 5.96. The maximum Gasteiger partial charge on any atom is 0.146 e. The molecule has 3 rings (SSSR count). The molecule has 0 aliphatic heterocycles. The summed E-state index contributed by atoms with van der Waals surface area (Å²) in [6, 6.07) is 13.6. The van der Waals surface area contributed by atoms with Gasteiger partial charge in [-0.25, -0.2) is 4.98 Å². The first-order valence-electron chi connectivity index (χ1n) is 6.56. The minimum Gasteiger partial charge on any atom is -0.494 e. The van der Waals surface area contributed by atoms with Gasteiger partial charge in [0, 0.05) is 5.02 Å². The Bertz CT molecular complexity index is 783. The predicted octanol–water partition coefficient (Wildman–Crippen LogP) is 4.49. The molecule has 108 valence electrons. The molecule has 3 aromatic rings. The maximum atomic E-state index is 6.26. The van der Waals surface area contributed by atoms with Crippen LogP contribution < -0.4 is 4.74 Å². The predicted molar refractivity (Wildman–Crippen MR) is 86.4 cm³/mol. The lowest BCUT2D eigenvalue weighted by Crippen LogP contribution is -2.04. The van der Waals surface area contributed by atoms with E-state index in [0.717, 1.165) is 33.2 Å². The fraction of sp³-hybridized carbons (Fsp3) is 0.188. The Morgan fingerprint density at radius 2 is 1.95 bits per heavy atom. The first-order chi connectivity index (χ1) is 10.2. The summed E-state index contributed by atoms with van der Waals surface area (Å²) < 4.78 is 7.44. The standard InChI is InChI=1S/C16H14Cl2N2O/c1-21-14-8-4-7-13-16(14)19-15(9-17)20(13)10-11-5-2-3-6-12(11)18/h2-8H,9-10H2,1H3. The third-order valence-corrected chi connectivity index (χ3v) is 4.05. The van der Waals surface area contributed by atoms with Crippen molar-refractivity contribution in [2.24, 2.45) is 0 Å². The lowest BCUT2D eigenvalue weighted by Gasteiger charge is -2.09. The van der Waals surface area contributed by atoms with Crippen LogP contribution in [0.2, 0.25) is 5.02 Å². The summed E-state index contributed by atoms with van der Waals surface area (Å²) in [7, 11) is 1.64. The number of methoxy groups -OCH3 is 1. The van der Waals surface area contributed by atoms with Crippen LogP contribution in [-0.2, 0) is 12.4 Å². The Kier molecular flexibility index (Phi) is 4.04. The molecule has 0 unspecified atom stereocenters. The van der Waals surface area contributed by atoms with Crippen LogP contribution in [0, 0.1) is 0 Å². The topological polar surface area (TPSA) is 27.1 Å². The number of benzene rings is 2. The molecule has 0 aliphatic rings. The highest BCUT2D eigenvalue weighted by atomic mass is 35.5. The fourth-order valence-electron chi connectivity index (χ4n) is 2.41. The third kappa shape index (κ3) is 2.59. The van der Waals surface area contributed by atoms with E-state index in [4.69, 9.17) is 27.9 Å². The summed E-state index contributed by atoms with van der Waals surface area (Å²) in [5.41, 5.74) is 2.85. The zero-order valence-electron chi connectivity index (χ0n) is 11.5. The summed E-state index contributed by atoms with van der Waals surface area (Å²) in [4.78, 5) is 4.59. The molecule has 0 atom stereocenters. The first-order valence-corrected chi connectivity index (χ1v) is 7.47. The van der Waals surface area contributed by atoms with Gasteiger partial charge in [0.25, 0.3) is 0 Å². The van der Waals surface area contributed by atoms with Gasteiger partial charge >= 0.3 is 0 Å². The third-order valence-electron chi connectivity index (χ3n) is 3.45. The smallest absolute Gasteiger partial charge is 0.146 e. The molecule has 0 fully saturated rings. The highest BCUT2D eigenvalue weighted by Crippen LogP contribution is 2.28. The zero-order valence-corrected chi connectivity index (χ0v) is 13.0. The average molecular weight is 321 g/mol. The Labute approximate surface area is 133 Å². The normalized spacial score (nSPS) is 11.0. The van der Waals surface area contributed by atoms with Gasteiger partial charge in [-0.05, 0) is 23.8 Å². The van der Waals surface area contributed by atoms with Gasteiger partial charge in [0.15, 0.2) is 0 Å². The zero-order chi connectivity index (χ0) is 14.8. The van der Waals surface area contributed by atoms with Gasteiger partial charge in [0.2, 0.25) is 0 Å². The summed E-state index contributed by atoms with van der Waals surface area (Å²) in [5, 5.41) is 0.739. The largest absolute Gasteiger partial charge is 0.494 e. The van der Waals surface area contributed by atoms with E-state index in [0.29, 0.717) is 12.4 Å². The minimum absolute atomic E-state index is 0.336. The number of fused-ring (bicyclic) bond motifs is 1. The van der Waals surface area contributed by atoms with E-state index in [1.165, 1.54) is 0 Å². The van der Waals surface area contributed by atoms with Crippen molar-refractivity contribution in [3.05, 3.63) is 58.9 Å². The van der Waals surface area contributed by atoms with E-state index in [-0.39, 0.29) is 0 Å². The van der Waals surface area contributed by atoms with Crippen LogP contribution >= 0.6 is 23.2 Å². The molecule has 0 aliphatic carbocycles. The molecule has 0 saturated heterocycles. The average Bonchev–Trinajstić information content (AvgIpc) is 2.87. The molecule has 0 radical (unpaired) electrons. The van der Waals surface area contributed by atoms with Crippen molar-refractivity contribution in [3.8, 4) is 5.75 Å². The maximum absolute atomic E-state index is 6.26. The van der Waals surface area contributed by atoms with Crippen molar-refractivity contribution in [1.29, 1.82) is 0 Å². The van der Waals surface area contributed by atoms with E-state index >= 15 is 0 Å². The second-order valence-corrected chi connectivity index (χ2v) is 5.34. The lowest BCUT2D eigenvalue weighted by molar-refractivity contribution is 0.419. The molecule has 0 spiro atoms.